The molecule has 4 aromatic rings. The fraction of sp³-hybridized carbons (Fsp3) is 0.0909. The lowest BCUT2D eigenvalue weighted by molar-refractivity contribution is 0.0998. The number of aryl methyl sites for hydroxylation is 1. The molecule has 2 heterocycles. The van der Waals surface area contributed by atoms with E-state index in [-0.39, 0.29) is 11.7 Å². The summed E-state index contributed by atoms with van der Waals surface area (Å²) in [5.41, 5.74) is 10.5. The number of nitrogens with one attached hydrogen (secondary N) is 1. The summed E-state index contributed by atoms with van der Waals surface area (Å²) in [6, 6.07) is 14.7. The van der Waals surface area contributed by atoms with Crippen LogP contribution >= 0.6 is 0 Å². The van der Waals surface area contributed by atoms with E-state index in [0.29, 0.717) is 22.7 Å². The highest BCUT2D eigenvalue weighted by molar-refractivity contribution is 6.06. The van der Waals surface area contributed by atoms with Gasteiger partial charge in [0.15, 0.2) is 5.76 Å². The number of nitrogens with two attached hydrogens (primary N) is 1. The smallest absolute Gasteiger partial charge is 0.291 e. The molecule has 2 aromatic carbocycles. The second kappa shape index (κ2) is 7.08. The normalized spacial score (nSPS) is 10.8. The molecule has 0 atom stereocenters. The molecule has 140 valence electrons. The molecule has 0 aliphatic rings. The fourth-order valence-electron chi connectivity index (χ4n) is 3.08. The monoisotopic (exact) mass is 373 g/mol. The van der Waals surface area contributed by atoms with Crippen LogP contribution in [0.2, 0.25) is 0 Å². The number of furan rings is 1. The number of hydrogen-bond donors (Lipinski definition) is 2. The van der Waals surface area contributed by atoms with E-state index < -0.39 is 0 Å². The lowest BCUT2D eigenvalue weighted by Gasteiger charge is -2.09. The number of rotatable bonds is 4. The first kappa shape index (κ1) is 17.6. The third-order valence-electron chi connectivity index (χ3n) is 4.59. The molecule has 28 heavy (non-hydrogen) atoms. The van der Waals surface area contributed by atoms with Crippen molar-refractivity contribution >= 4 is 28.3 Å². The average Bonchev–Trinajstić information content (AvgIpc) is 3.15. The van der Waals surface area contributed by atoms with Crippen molar-refractivity contribution in [3.05, 3.63) is 72.2 Å². The van der Waals surface area contributed by atoms with Crippen LogP contribution in [0.5, 0.6) is 5.75 Å². The number of hydrogen-bond acceptors (Lipinski definition) is 5. The first-order valence-corrected chi connectivity index (χ1v) is 8.74. The third kappa shape index (κ3) is 3.27. The van der Waals surface area contributed by atoms with Gasteiger partial charge in [0.25, 0.3) is 5.91 Å². The van der Waals surface area contributed by atoms with Gasteiger partial charge in [0.1, 0.15) is 11.3 Å². The minimum Gasteiger partial charge on any atom is -0.497 e. The van der Waals surface area contributed by atoms with Crippen LogP contribution < -0.4 is 15.8 Å². The Morgan fingerprint density at radius 2 is 1.86 bits per heavy atom. The van der Waals surface area contributed by atoms with Crippen molar-refractivity contribution in [1.82, 2.24) is 4.98 Å². The lowest BCUT2D eigenvalue weighted by atomic mass is 10.1. The molecule has 0 bridgehead atoms. The maximum absolute atomic E-state index is 12.7. The maximum Gasteiger partial charge on any atom is 0.291 e. The van der Waals surface area contributed by atoms with Gasteiger partial charge in [-0.15, -0.1) is 0 Å². The number of ether oxygens (including phenoxy) is 1. The molecular formula is C22H19N3O3. The Bertz CT molecular complexity index is 1170. The maximum atomic E-state index is 12.7. The van der Waals surface area contributed by atoms with Crippen molar-refractivity contribution in [1.29, 1.82) is 0 Å². The van der Waals surface area contributed by atoms with Gasteiger partial charge in [0.05, 0.1) is 18.5 Å². The minimum atomic E-state index is -0.367. The Morgan fingerprint density at radius 3 is 2.61 bits per heavy atom. The van der Waals surface area contributed by atoms with Crippen LogP contribution in [-0.2, 0) is 0 Å². The second-order valence-electron chi connectivity index (χ2n) is 6.46. The summed E-state index contributed by atoms with van der Waals surface area (Å²) < 4.78 is 11.0. The Kier molecular flexibility index (Phi) is 4.45. The number of carbonyl (C=O) groups excluding carboxylic acids is 1. The first-order chi connectivity index (χ1) is 13.5. The van der Waals surface area contributed by atoms with Crippen molar-refractivity contribution in [3.8, 4) is 16.9 Å². The predicted octanol–water partition coefficient (Wildman–Crippen LogP) is 4.65. The van der Waals surface area contributed by atoms with E-state index in [1.54, 1.807) is 37.7 Å². The van der Waals surface area contributed by atoms with E-state index >= 15 is 0 Å². The van der Waals surface area contributed by atoms with Crippen molar-refractivity contribution in [2.45, 2.75) is 6.92 Å². The quantitative estimate of drug-likeness (QED) is 0.508. The van der Waals surface area contributed by atoms with Gasteiger partial charge in [-0.05, 0) is 60.0 Å². The summed E-state index contributed by atoms with van der Waals surface area (Å²) in [4.78, 5) is 16.8. The Morgan fingerprint density at radius 1 is 1.07 bits per heavy atom. The fourth-order valence-corrected chi connectivity index (χ4v) is 3.08. The second-order valence-corrected chi connectivity index (χ2v) is 6.46. The molecule has 0 radical (unpaired) electrons. The molecule has 6 nitrogen and oxygen atoms in total. The van der Waals surface area contributed by atoms with Crippen LogP contribution in [0.15, 0.2) is 65.3 Å². The summed E-state index contributed by atoms with van der Waals surface area (Å²) in [5, 5.41) is 3.71. The summed E-state index contributed by atoms with van der Waals surface area (Å²) in [6.07, 6.45) is 3.43. The number of aromatic nitrogens is 1. The zero-order valence-electron chi connectivity index (χ0n) is 15.5. The van der Waals surface area contributed by atoms with Crippen LogP contribution in [0.4, 0.5) is 11.4 Å². The number of carbonyl (C=O) groups is 1. The molecule has 2 aromatic heterocycles. The average molecular weight is 373 g/mol. The van der Waals surface area contributed by atoms with Crippen LogP contribution in [0.25, 0.3) is 22.1 Å². The predicted molar refractivity (Wildman–Crippen MR) is 110 cm³/mol. The van der Waals surface area contributed by atoms with E-state index in [9.17, 15) is 4.79 Å². The SMILES string of the molecule is COc1cc(C)c2cc(C(=O)Nc3cc(-c4ccncc4)ccc3N)oc2c1. The zero-order valence-corrected chi connectivity index (χ0v) is 15.5. The highest BCUT2D eigenvalue weighted by Gasteiger charge is 2.16. The summed E-state index contributed by atoms with van der Waals surface area (Å²) in [5.74, 6) is 0.522. The molecule has 0 saturated carbocycles. The van der Waals surface area contributed by atoms with Gasteiger partial charge >= 0.3 is 0 Å². The molecule has 0 spiro atoms. The molecule has 0 aliphatic heterocycles. The number of fused-ring (bicyclic) bond motifs is 1. The van der Waals surface area contributed by atoms with Crippen molar-refractivity contribution in [2.75, 3.05) is 18.2 Å². The van der Waals surface area contributed by atoms with Gasteiger partial charge in [0.2, 0.25) is 0 Å². The highest BCUT2D eigenvalue weighted by atomic mass is 16.5. The van der Waals surface area contributed by atoms with Gasteiger partial charge in [-0.3, -0.25) is 9.78 Å². The van der Waals surface area contributed by atoms with Gasteiger partial charge in [-0.25, -0.2) is 0 Å². The molecular weight excluding hydrogens is 354 g/mol. The number of anilines is 2. The number of nitrogen functional groups attached to an aromatic ring is 1. The Balaban J connectivity index is 1.65. The van der Waals surface area contributed by atoms with Gasteiger partial charge in [0, 0.05) is 23.8 Å². The first-order valence-electron chi connectivity index (χ1n) is 8.74. The Hall–Kier alpha value is -3.80. The van der Waals surface area contributed by atoms with Gasteiger partial charge in [-0.2, -0.15) is 0 Å². The molecule has 3 N–H and O–H groups in total. The molecule has 0 saturated heterocycles. The van der Waals surface area contributed by atoms with Crippen molar-refractivity contribution < 1.29 is 13.9 Å². The number of pyridine rings is 1. The van der Waals surface area contributed by atoms with E-state index in [4.69, 9.17) is 14.9 Å². The molecule has 0 fully saturated rings. The molecule has 0 aliphatic carbocycles. The van der Waals surface area contributed by atoms with Gasteiger partial charge in [-0.1, -0.05) is 6.07 Å². The highest BCUT2D eigenvalue weighted by Crippen LogP contribution is 2.30. The molecule has 4 rings (SSSR count). The van der Waals surface area contributed by atoms with E-state index in [1.807, 2.05) is 37.3 Å². The van der Waals surface area contributed by atoms with Crippen LogP contribution in [0, 0.1) is 6.92 Å². The minimum absolute atomic E-state index is 0.208. The van der Waals surface area contributed by atoms with Crippen LogP contribution in [0.1, 0.15) is 16.1 Å². The molecule has 1 amide bonds. The molecule has 0 unspecified atom stereocenters. The summed E-state index contributed by atoms with van der Waals surface area (Å²) >= 11 is 0. The largest absolute Gasteiger partial charge is 0.497 e. The number of nitrogens with zero attached hydrogens (tertiary/aromatic N) is 1. The number of amides is 1. The Labute approximate surface area is 162 Å². The van der Waals surface area contributed by atoms with E-state index in [1.165, 1.54) is 0 Å². The van der Waals surface area contributed by atoms with E-state index in [2.05, 4.69) is 10.3 Å². The topological polar surface area (TPSA) is 90.4 Å². The third-order valence-corrected chi connectivity index (χ3v) is 4.59. The number of methoxy groups -OCH3 is 1. The zero-order chi connectivity index (χ0) is 19.7. The number of benzene rings is 2. The summed E-state index contributed by atoms with van der Waals surface area (Å²) in [7, 11) is 1.59. The van der Waals surface area contributed by atoms with Crippen molar-refractivity contribution in [3.63, 3.8) is 0 Å². The lowest BCUT2D eigenvalue weighted by Crippen LogP contribution is -2.12. The van der Waals surface area contributed by atoms with Crippen LogP contribution in [0.3, 0.4) is 0 Å². The van der Waals surface area contributed by atoms with Gasteiger partial charge < -0.3 is 20.2 Å². The standard InChI is InChI=1S/C22H19N3O3/c1-13-9-16(27-2)11-20-17(13)12-21(28-20)22(26)25-19-10-15(3-4-18(19)23)14-5-7-24-8-6-14/h3-12H,23H2,1-2H3,(H,25,26). The van der Waals surface area contributed by atoms with Crippen molar-refractivity contribution in [2.24, 2.45) is 0 Å². The summed E-state index contributed by atoms with van der Waals surface area (Å²) in [6.45, 7) is 1.94. The molecule has 6 heteroatoms. The van der Waals surface area contributed by atoms with Crippen LogP contribution in [-0.4, -0.2) is 18.0 Å². The van der Waals surface area contributed by atoms with E-state index in [0.717, 1.165) is 22.1 Å².